The molecule has 4 nitrogen and oxygen atoms in total. The minimum atomic E-state index is -0.338. The van der Waals surface area contributed by atoms with Crippen molar-refractivity contribution in [1.29, 1.82) is 5.26 Å². The summed E-state index contributed by atoms with van der Waals surface area (Å²) in [5.41, 5.74) is -0.338. The van der Waals surface area contributed by atoms with E-state index in [1.165, 1.54) is 12.8 Å². The first-order valence-electron chi connectivity index (χ1n) is 6.92. The lowest BCUT2D eigenvalue weighted by molar-refractivity contribution is 0.402. The van der Waals surface area contributed by atoms with Crippen molar-refractivity contribution in [3.63, 3.8) is 0 Å². The molecular formula is C14H22N4S. The lowest BCUT2D eigenvalue weighted by Gasteiger charge is -2.23. The third-order valence-corrected chi connectivity index (χ3v) is 4.57. The molecule has 1 aliphatic rings. The Labute approximate surface area is 119 Å². The average Bonchev–Trinajstić information content (AvgIpc) is 3.11. The topological polar surface area (TPSA) is 53.6 Å². The summed E-state index contributed by atoms with van der Waals surface area (Å²) in [6.45, 7) is 2.03. The highest BCUT2D eigenvalue weighted by Crippen LogP contribution is 2.25. The number of rotatable bonds is 8. The highest BCUT2D eigenvalue weighted by molar-refractivity contribution is 7.99. The molecule has 1 aromatic heterocycles. The molecule has 1 fully saturated rings. The maximum Gasteiger partial charge on any atom is 0.167 e. The minimum absolute atomic E-state index is 0.338. The molecule has 0 aliphatic heterocycles. The Morgan fingerprint density at radius 3 is 2.95 bits per heavy atom. The normalized spacial score (nSPS) is 17.9. The molecule has 104 valence electrons. The van der Waals surface area contributed by atoms with Gasteiger partial charge in [0.1, 0.15) is 5.54 Å². The average molecular weight is 278 g/mol. The van der Waals surface area contributed by atoms with Crippen LogP contribution < -0.4 is 5.32 Å². The molecule has 1 aromatic rings. The number of hydrogen-bond acceptors (Lipinski definition) is 4. The molecule has 2 rings (SSSR count). The van der Waals surface area contributed by atoms with E-state index in [0.29, 0.717) is 6.04 Å². The molecule has 19 heavy (non-hydrogen) atoms. The van der Waals surface area contributed by atoms with Gasteiger partial charge in [-0.3, -0.25) is 5.32 Å². The molecule has 0 spiro atoms. The summed E-state index contributed by atoms with van der Waals surface area (Å²) in [6.07, 6.45) is 9.39. The van der Waals surface area contributed by atoms with Gasteiger partial charge in [0.05, 0.1) is 6.07 Å². The number of nitrogens with one attached hydrogen (secondary N) is 1. The third kappa shape index (κ3) is 4.55. The molecule has 1 atom stereocenters. The molecule has 1 aliphatic carbocycles. The van der Waals surface area contributed by atoms with Crippen LogP contribution in [0.1, 0.15) is 39.0 Å². The zero-order chi connectivity index (χ0) is 13.7. The van der Waals surface area contributed by atoms with Gasteiger partial charge in [0.15, 0.2) is 5.16 Å². The van der Waals surface area contributed by atoms with Crippen LogP contribution in [0.15, 0.2) is 17.6 Å². The largest absolute Gasteiger partial charge is 0.329 e. The Morgan fingerprint density at radius 2 is 2.37 bits per heavy atom. The van der Waals surface area contributed by atoms with Crippen LogP contribution in [0.4, 0.5) is 0 Å². The van der Waals surface area contributed by atoms with Crippen molar-refractivity contribution in [2.75, 3.05) is 5.75 Å². The summed E-state index contributed by atoms with van der Waals surface area (Å²) in [7, 11) is 2.02. The van der Waals surface area contributed by atoms with Gasteiger partial charge in [0.2, 0.25) is 0 Å². The summed E-state index contributed by atoms with van der Waals surface area (Å²) in [5, 5.41) is 13.8. The molecule has 5 heteroatoms. The minimum Gasteiger partial charge on any atom is -0.329 e. The van der Waals surface area contributed by atoms with E-state index in [0.717, 1.165) is 30.2 Å². The first kappa shape index (κ1) is 14.4. The molecule has 1 heterocycles. The molecule has 0 aromatic carbocycles. The lowest BCUT2D eigenvalue weighted by Crippen LogP contribution is -2.42. The second-order valence-corrected chi connectivity index (χ2v) is 6.55. The fourth-order valence-corrected chi connectivity index (χ4v) is 3.00. The van der Waals surface area contributed by atoms with Crippen LogP contribution in [0.3, 0.4) is 0 Å². The van der Waals surface area contributed by atoms with Gasteiger partial charge in [-0.15, -0.1) is 0 Å². The summed E-state index contributed by atoms with van der Waals surface area (Å²) < 4.78 is 2.04. The van der Waals surface area contributed by atoms with Crippen molar-refractivity contribution in [2.45, 2.75) is 55.8 Å². The molecule has 1 saturated carbocycles. The highest BCUT2D eigenvalue weighted by Gasteiger charge is 2.31. The van der Waals surface area contributed by atoms with E-state index in [4.69, 9.17) is 0 Å². The Morgan fingerprint density at radius 1 is 1.58 bits per heavy atom. The fraction of sp³-hybridized carbons (Fsp3) is 0.714. The van der Waals surface area contributed by atoms with Crippen LogP contribution in [-0.4, -0.2) is 26.9 Å². The molecular weight excluding hydrogens is 256 g/mol. The van der Waals surface area contributed by atoms with E-state index in [2.05, 4.69) is 16.4 Å². The molecule has 1 unspecified atom stereocenters. The maximum atomic E-state index is 9.27. The number of aromatic nitrogens is 2. The van der Waals surface area contributed by atoms with Gasteiger partial charge in [-0.1, -0.05) is 11.8 Å². The second kappa shape index (κ2) is 6.44. The van der Waals surface area contributed by atoms with Crippen molar-refractivity contribution in [3.05, 3.63) is 12.4 Å². The smallest absolute Gasteiger partial charge is 0.167 e. The van der Waals surface area contributed by atoms with Crippen molar-refractivity contribution < 1.29 is 0 Å². The Kier molecular flexibility index (Phi) is 4.89. The number of hydrogen-bond donors (Lipinski definition) is 1. The maximum absolute atomic E-state index is 9.27. The van der Waals surface area contributed by atoms with Crippen LogP contribution in [-0.2, 0) is 7.05 Å². The van der Waals surface area contributed by atoms with Crippen molar-refractivity contribution in [1.82, 2.24) is 14.9 Å². The standard InChI is InChI=1S/C14H22N4S/c1-14(11-15,17-12-5-6-12)7-3-4-10-19-13-16-8-9-18(13)2/h8-9,12,17H,3-7,10H2,1-2H3. The molecule has 0 bridgehead atoms. The number of unbranched alkanes of at least 4 members (excludes halogenated alkanes) is 1. The first-order valence-corrected chi connectivity index (χ1v) is 7.90. The number of thioether (sulfide) groups is 1. The monoisotopic (exact) mass is 278 g/mol. The van der Waals surface area contributed by atoms with Gasteiger partial charge in [-0.25, -0.2) is 4.98 Å². The van der Waals surface area contributed by atoms with Crippen LogP contribution >= 0.6 is 11.8 Å². The van der Waals surface area contributed by atoms with Crippen molar-refractivity contribution in [2.24, 2.45) is 7.05 Å². The summed E-state index contributed by atoms with van der Waals surface area (Å²) >= 11 is 1.79. The van der Waals surface area contributed by atoms with E-state index < -0.39 is 0 Å². The summed E-state index contributed by atoms with van der Waals surface area (Å²) in [5.74, 6) is 1.07. The Hall–Kier alpha value is -0.990. The van der Waals surface area contributed by atoms with Gasteiger partial charge in [0, 0.05) is 31.2 Å². The number of nitriles is 1. The fourth-order valence-electron chi connectivity index (χ4n) is 2.07. The van der Waals surface area contributed by atoms with Gasteiger partial charge in [-0.2, -0.15) is 5.26 Å². The predicted octanol–water partition coefficient (Wildman–Crippen LogP) is 2.72. The van der Waals surface area contributed by atoms with Crippen LogP contribution in [0, 0.1) is 11.3 Å². The van der Waals surface area contributed by atoms with E-state index in [9.17, 15) is 5.26 Å². The zero-order valence-corrected chi connectivity index (χ0v) is 12.5. The second-order valence-electron chi connectivity index (χ2n) is 5.49. The van der Waals surface area contributed by atoms with E-state index >= 15 is 0 Å². The number of nitrogens with zero attached hydrogens (tertiary/aromatic N) is 3. The molecule has 0 saturated heterocycles. The highest BCUT2D eigenvalue weighted by atomic mass is 32.2. The Balaban J connectivity index is 1.63. The number of aryl methyl sites for hydroxylation is 1. The summed E-state index contributed by atoms with van der Waals surface area (Å²) in [4.78, 5) is 4.29. The Bertz CT molecular complexity index is 447. The van der Waals surface area contributed by atoms with Crippen LogP contribution in [0.25, 0.3) is 0 Å². The van der Waals surface area contributed by atoms with E-state index in [-0.39, 0.29) is 5.54 Å². The van der Waals surface area contributed by atoms with Crippen LogP contribution in [0.2, 0.25) is 0 Å². The number of imidazole rings is 1. The van der Waals surface area contributed by atoms with Crippen molar-refractivity contribution >= 4 is 11.8 Å². The van der Waals surface area contributed by atoms with Crippen LogP contribution in [0.5, 0.6) is 0 Å². The zero-order valence-electron chi connectivity index (χ0n) is 11.7. The first-order chi connectivity index (χ1) is 9.13. The van der Waals surface area contributed by atoms with Gasteiger partial charge in [0.25, 0.3) is 0 Å². The molecule has 0 radical (unpaired) electrons. The van der Waals surface area contributed by atoms with Crippen molar-refractivity contribution in [3.8, 4) is 6.07 Å². The van der Waals surface area contributed by atoms with E-state index in [1.807, 2.05) is 30.9 Å². The quantitative estimate of drug-likeness (QED) is 0.587. The molecule has 0 amide bonds. The lowest BCUT2D eigenvalue weighted by atomic mass is 9.96. The summed E-state index contributed by atoms with van der Waals surface area (Å²) in [6, 6.07) is 3.02. The van der Waals surface area contributed by atoms with Gasteiger partial charge < -0.3 is 4.57 Å². The SMILES string of the molecule is Cn1ccnc1SCCCCC(C)(C#N)NC1CC1. The molecule has 1 N–H and O–H groups in total. The third-order valence-electron chi connectivity index (χ3n) is 3.43. The van der Waals surface area contributed by atoms with Gasteiger partial charge >= 0.3 is 0 Å². The van der Waals surface area contributed by atoms with Gasteiger partial charge in [-0.05, 0) is 39.0 Å². The predicted molar refractivity (Wildman–Crippen MR) is 78.0 cm³/mol. The van der Waals surface area contributed by atoms with E-state index in [1.54, 1.807) is 11.8 Å².